The molecule has 5 heteroatoms. The van der Waals surface area contributed by atoms with Crippen LogP contribution in [0.1, 0.15) is 11.9 Å². The molecule has 0 unspecified atom stereocenters. The van der Waals surface area contributed by atoms with Gasteiger partial charge in [-0.15, -0.1) is 0 Å². The number of hydrogen-bond donors (Lipinski definition) is 4. The van der Waals surface area contributed by atoms with Gasteiger partial charge in [0.15, 0.2) is 6.29 Å². The number of rotatable bonds is 4. The summed E-state index contributed by atoms with van der Waals surface area (Å²) in [5.41, 5.74) is 0.665. The van der Waals surface area contributed by atoms with Crippen molar-refractivity contribution < 1.29 is 20.1 Å². The van der Waals surface area contributed by atoms with Crippen molar-refractivity contribution in [3.63, 3.8) is 0 Å². The van der Waals surface area contributed by atoms with Crippen LogP contribution >= 0.6 is 0 Å². The Hall–Kier alpha value is -1.59. The number of carboxylic acids is 1. The molecule has 1 aromatic carbocycles. The highest BCUT2D eigenvalue weighted by Crippen LogP contribution is 2.20. The Kier molecular flexibility index (Phi) is 3.44. The lowest BCUT2D eigenvalue weighted by Crippen LogP contribution is -2.14. The van der Waals surface area contributed by atoms with E-state index in [1.54, 1.807) is 18.2 Å². The fraction of sp³-hybridized carbons (Fsp3) is 0.222. The number of aliphatic carboxylic acids is 1. The molecule has 0 radical (unpaired) electrons. The maximum atomic E-state index is 10.3. The van der Waals surface area contributed by atoms with Crippen LogP contribution in [-0.4, -0.2) is 27.8 Å². The molecule has 0 saturated carbocycles. The van der Waals surface area contributed by atoms with Gasteiger partial charge in [0, 0.05) is 11.3 Å². The number of aliphatic hydroxyl groups excluding tert-OH is 1. The number of para-hydroxylation sites is 1. The van der Waals surface area contributed by atoms with Gasteiger partial charge in [-0.1, -0.05) is 18.2 Å². The van der Waals surface area contributed by atoms with Gasteiger partial charge in [0.2, 0.25) is 0 Å². The fourth-order valence-corrected chi connectivity index (χ4v) is 1.05. The summed E-state index contributed by atoms with van der Waals surface area (Å²) in [5, 5.41) is 28.9. The Morgan fingerprint density at radius 1 is 1.36 bits per heavy atom. The van der Waals surface area contributed by atoms with E-state index in [4.69, 9.17) is 15.3 Å². The Balaban J connectivity index is 2.79. The number of anilines is 1. The molecule has 4 N–H and O–H groups in total. The standard InChI is InChI=1S/C9H11NO4/c11-8(12)5-10-7-4-2-1-3-6(7)9(13)14/h1-4,9-10,13-14H,5H2,(H,11,12). The van der Waals surface area contributed by atoms with Crippen LogP contribution in [0.2, 0.25) is 0 Å². The van der Waals surface area contributed by atoms with Crippen LogP contribution in [0.4, 0.5) is 5.69 Å². The topological polar surface area (TPSA) is 89.8 Å². The van der Waals surface area contributed by atoms with E-state index < -0.39 is 12.3 Å². The molecule has 1 aromatic rings. The molecule has 0 spiro atoms. The number of benzene rings is 1. The summed E-state index contributed by atoms with van der Waals surface area (Å²) in [7, 11) is 0. The summed E-state index contributed by atoms with van der Waals surface area (Å²) in [4.78, 5) is 10.3. The van der Waals surface area contributed by atoms with Crippen molar-refractivity contribution >= 4 is 11.7 Å². The minimum atomic E-state index is -1.60. The highest BCUT2D eigenvalue weighted by atomic mass is 16.5. The van der Waals surface area contributed by atoms with Gasteiger partial charge in [0.05, 0.1) is 0 Å². The zero-order chi connectivity index (χ0) is 10.6. The van der Waals surface area contributed by atoms with E-state index in [1.165, 1.54) is 6.07 Å². The summed E-state index contributed by atoms with van der Waals surface area (Å²) in [6.45, 7) is -0.260. The van der Waals surface area contributed by atoms with Crippen LogP contribution < -0.4 is 5.32 Å². The highest BCUT2D eigenvalue weighted by Gasteiger charge is 2.08. The summed E-state index contributed by atoms with van der Waals surface area (Å²) in [6.07, 6.45) is -1.60. The molecule has 0 fully saturated rings. The predicted octanol–water partition coefficient (Wildman–Crippen LogP) is 0.166. The first-order chi connectivity index (χ1) is 6.61. The quantitative estimate of drug-likeness (QED) is 0.516. The molecule has 0 aliphatic rings. The average Bonchev–Trinajstić information content (AvgIpc) is 2.15. The van der Waals surface area contributed by atoms with Crippen LogP contribution in [-0.2, 0) is 4.79 Å². The molecule has 76 valence electrons. The maximum absolute atomic E-state index is 10.3. The van der Waals surface area contributed by atoms with Crippen molar-refractivity contribution in [1.82, 2.24) is 0 Å². The lowest BCUT2D eigenvalue weighted by atomic mass is 10.1. The molecule has 0 aliphatic carbocycles. The number of carbonyl (C=O) groups is 1. The van der Waals surface area contributed by atoms with Crippen LogP contribution in [0, 0.1) is 0 Å². The van der Waals surface area contributed by atoms with Crippen LogP contribution in [0.5, 0.6) is 0 Å². The molecule has 0 saturated heterocycles. The van der Waals surface area contributed by atoms with Crippen molar-refractivity contribution in [1.29, 1.82) is 0 Å². The normalized spacial score (nSPS) is 10.2. The summed E-state index contributed by atoms with van der Waals surface area (Å²) < 4.78 is 0. The predicted molar refractivity (Wildman–Crippen MR) is 49.7 cm³/mol. The van der Waals surface area contributed by atoms with Gasteiger partial charge < -0.3 is 20.6 Å². The second-order valence-corrected chi connectivity index (χ2v) is 2.71. The molecule has 0 aromatic heterocycles. The molecule has 0 aliphatic heterocycles. The maximum Gasteiger partial charge on any atom is 0.322 e. The molecule has 0 heterocycles. The molecule has 0 amide bonds. The van der Waals surface area contributed by atoms with Crippen molar-refractivity contribution in [2.24, 2.45) is 0 Å². The third-order valence-electron chi connectivity index (χ3n) is 1.67. The number of carboxylic acid groups (broad SMARTS) is 1. The lowest BCUT2D eigenvalue weighted by Gasteiger charge is -2.11. The molecule has 14 heavy (non-hydrogen) atoms. The van der Waals surface area contributed by atoms with Gasteiger partial charge in [0.25, 0.3) is 0 Å². The third-order valence-corrected chi connectivity index (χ3v) is 1.67. The number of hydrogen-bond acceptors (Lipinski definition) is 4. The lowest BCUT2D eigenvalue weighted by molar-refractivity contribution is -0.134. The van der Waals surface area contributed by atoms with Crippen LogP contribution in [0.3, 0.4) is 0 Å². The van der Waals surface area contributed by atoms with Gasteiger partial charge >= 0.3 is 5.97 Å². The molecule has 0 atom stereocenters. The average molecular weight is 197 g/mol. The Bertz CT molecular complexity index is 324. The van der Waals surface area contributed by atoms with Gasteiger partial charge in [-0.2, -0.15) is 0 Å². The Morgan fingerprint density at radius 2 is 2.00 bits per heavy atom. The van der Waals surface area contributed by atoms with Gasteiger partial charge in [-0.25, -0.2) is 0 Å². The highest BCUT2D eigenvalue weighted by molar-refractivity contribution is 5.73. The minimum Gasteiger partial charge on any atom is -0.480 e. The second kappa shape index (κ2) is 4.59. The Morgan fingerprint density at radius 3 is 2.57 bits per heavy atom. The molecule has 5 nitrogen and oxygen atoms in total. The zero-order valence-corrected chi connectivity index (χ0v) is 7.34. The van der Waals surface area contributed by atoms with Crippen molar-refractivity contribution in [2.45, 2.75) is 6.29 Å². The monoisotopic (exact) mass is 197 g/mol. The molecular weight excluding hydrogens is 186 g/mol. The van der Waals surface area contributed by atoms with E-state index in [9.17, 15) is 4.79 Å². The largest absolute Gasteiger partial charge is 0.480 e. The zero-order valence-electron chi connectivity index (χ0n) is 7.34. The second-order valence-electron chi connectivity index (χ2n) is 2.71. The summed E-state index contributed by atoms with van der Waals surface area (Å²) in [6, 6.07) is 6.41. The molecule has 1 rings (SSSR count). The van der Waals surface area contributed by atoms with E-state index >= 15 is 0 Å². The van der Waals surface area contributed by atoms with Crippen molar-refractivity contribution in [3.05, 3.63) is 29.8 Å². The molecular formula is C9H11NO4. The fourth-order valence-electron chi connectivity index (χ4n) is 1.05. The van der Waals surface area contributed by atoms with E-state index in [-0.39, 0.29) is 12.1 Å². The minimum absolute atomic E-state index is 0.258. The first-order valence-electron chi connectivity index (χ1n) is 4.02. The molecule has 0 bridgehead atoms. The number of aliphatic hydroxyl groups is 2. The van der Waals surface area contributed by atoms with Gasteiger partial charge in [0.1, 0.15) is 6.54 Å². The van der Waals surface area contributed by atoms with E-state index in [0.29, 0.717) is 5.69 Å². The first kappa shape index (κ1) is 10.5. The van der Waals surface area contributed by atoms with Crippen LogP contribution in [0.15, 0.2) is 24.3 Å². The summed E-state index contributed by atoms with van der Waals surface area (Å²) >= 11 is 0. The summed E-state index contributed by atoms with van der Waals surface area (Å²) in [5.74, 6) is -1.01. The number of nitrogens with one attached hydrogen (secondary N) is 1. The van der Waals surface area contributed by atoms with Gasteiger partial charge in [-0.05, 0) is 6.07 Å². The smallest absolute Gasteiger partial charge is 0.322 e. The SMILES string of the molecule is O=C(O)CNc1ccccc1C(O)O. The van der Waals surface area contributed by atoms with Crippen LogP contribution in [0.25, 0.3) is 0 Å². The van der Waals surface area contributed by atoms with E-state index in [1.807, 2.05) is 0 Å². The Labute approximate surface area is 80.6 Å². The van der Waals surface area contributed by atoms with Gasteiger partial charge in [-0.3, -0.25) is 4.79 Å². The third kappa shape index (κ3) is 2.72. The van der Waals surface area contributed by atoms with E-state index in [2.05, 4.69) is 5.32 Å². The van der Waals surface area contributed by atoms with Crippen molar-refractivity contribution in [2.75, 3.05) is 11.9 Å². The first-order valence-corrected chi connectivity index (χ1v) is 4.02. The van der Waals surface area contributed by atoms with Crippen molar-refractivity contribution in [3.8, 4) is 0 Å². The van der Waals surface area contributed by atoms with E-state index in [0.717, 1.165) is 0 Å².